The number of esters is 1. The molecule has 8 nitrogen and oxygen atoms in total. The van der Waals surface area contributed by atoms with E-state index in [9.17, 15) is 14.4 Å². The standard InChI is InChI=1S/C15H20N2O6/c1-21-11-4-6-12(7-5-11)22-8-2-3-15(20)23-10-14(19)17-9-13(16)18/h4-7H,2-3,8-10H2,1H3,(H2,16,18)(H,17,19). The van der Waals surface area contributed by atoms with Crippen molar-refractivity contribution in [3.63, 3.8) is 0 Å². The number of nitrogens with one attached hydrogen (secondary N) is 1. The van der Waals surface area contributed by atoms with E-state index in [1.54, 1.807) is 31.4 Å². The minimum atomic E-state index is -0.666. The maximum Gasteiger partial charge on any atom is 0.306 e. The molecule has 0 fully saturated rings. The molecule has 0 aromatic heterocycles. The third-order valence-electron chi connectivity index (χ3n) is 2.68. The van der Waals surface area contributed by atoms with Crippen LogP contribution in [0.25, 0.3) is 0 Å². The van der Waals surface area contributed by atoms with Gasteiger partial charge in [-0.3, -0.25) is 14.4 Å². The number of carbonyl (C=O) groups excluding carboxylic acids is 3. The van der Waals surface area contributed by atoms with Crippen LogP contribution in [0.3, 0.4) is 0 Å². The summed E-state index contributed by atoms with van der Waals surface area (Å²) in [5.41, 5.74) is 4.86. The molecule has 23 heavy (non-hydrogen) atoms. The predicted octanol–water partition coefficient (Wildman–Crippen LogP) is -0.00110. The number of carbonyl (C=O) groups is 3. The number of primary amides is 1. The Bertz CT molecular complexity index is 529. The van der Waals surface area contributed by atoms with Gasteiger partial charge in [-0.15, -0.1) is 0 Å². The summed E-state index contributed by atoms with van der Waals surface area (Å²) in [6.45, 7) is -0.382. The molecule has 0 unspecified atom stereocenters. The van der Waals surface area contributed by atoms with Crippen LogP contribution in [0, 0.1) is 0 Å². The van der Waals surface area contributed by atoms with E-state index in [2.05, 4.69) is 5.32 Å². The topological polar surface area (TPSA) is 117 Å². The quantitative estimate of drug-likeness (QED) is 0.462. The molecular weight excluding hydrogens is 304 g/mol. The number of ether oxygens (including phenoxy) is 3. The lowest BCUT2D eigenvalue weighted by Gasteiger charge is -2.07. The largest absolute Gasteiger partial charge is 0.497 e. The van der Waals surface area contributed by atoms with E-state index in [4.69, 9.17) is 19.9 Å². The van der Waals surface area contributed by atoms with E-state index in [0.29, 0.717) is 18.8 Å². The van der Waals surface area contributed by atoms with E-state index in [1.807, 2.05) is 0 Å². The van der Waals surface area contributed by atoms with Crippen LogP contribution in [0.4, 0.5) is 0 Å². The Kier molecular flexibility index (Phi) is 7.98. The highest BCUT2D eigenvalue weighted by Gasteiger charge is 2.08. The molecule has 0 bridgehead atoms. The summed E-state index contributed by atoms with van der Waals surface area (Å²) in [5, 5.41) is 2.21. The zero-order chi connectivity index (χ0) is 17.1. The zero-order valence-electron chi connectivity index (χ0n) is 12.9. The molecule has 0 radical (unpaired) electrons. The highest BCUT2D eigenvalue weighted by molar-refractivity contribution is 5.85. The Morgan fingerprint density at radius 1 is 1.13 bits per heavy atom. The third-order valence-corrected chi connectivity index (χ3v) is 2.68. The molecule has 0 aliphatic heterocycles. The Hall–Kier alpha value is -2.77. The van der Waals surface area contributed by atoms with Gasteiger partial charge in [-0.2, -0.15) is 0 Å². The molecule has 1 aromatic carbocycles. The number of nitrogens with two attached hydrogens (primary N) is 1. The average Bonchev–Trinajstić information content (AvgIpc) is 2.55. The number of hydrogen-bond donors (Lipinski definition) is 2. The van der Waals surface area contributed by atoms with Crippen LogP contribution in [0.15, 0.2) is 24.3 Å². The number of hydrogen-bond acceptors (Lipinski definition) is 6. The van der Waals surface area contributed by atoms with Crippen molar-refractivity contribution in [1.82, 2.24) is 5.32 Å². The Morgan fingerprint density at radius 3 is 2.39 bits per heavy atom. The molecule has 3 N–H and O–H groups in total. The van der Waals surface area contributed by atoms with Crippen LogP contribution in [-0.2, 0) is 19.1 Å². The fourth-order valence-electron chi connectivity index (χ4n) is 1.53. The monoisotopic (exact) mass is 324 g/mol. The van der Waals surface area contributed by atoms with Crippen LogP contribution in [0.1, 0.15) is 12.8 Å². The second-order valence-corrected chi connectivity index (χ2v) is 4.53. The number of methoxy groups -OCH3 is 1. The Balaban J connectivity index is 2.11. The van der Waals surface area contributed by atoms with Gasteiger partial charge in [0.2, 0.25) is 5.91 Å². The lowest BCUT2D eigenvalue weighted by Crippen LogP contribution is -2.35. The van der Waals surface area contributed by atoms with Gasteiger partial charge in [0.25, 0.3) is 5.91 Å². The summed E-state index contributed by atoms with van der Waals surface area (Å²) in [6, 6.07) is 7.07. The van der Waals surface area contributed by atoms with Gasteiger partial charge < -0.3 is 25.3 Å². The first kappa shape index (κ1) is 18.3. The summed E-state index contributed by atoms with van der Waals surface area (Å²) in [7, 11) is 1.58. The fourth-order valence-corrected chi connectivity index (χ4v) is 1.53. The maximum absolute atomic E-state index is 11.4. The zero-order valence-corrected chi connectivity index (χ0v) is 12.9. The Morgan fingerprint density at radius 2 is 1.78 bits per heavy atom. The number of benzene rings is 1. The molecule has 1 aromatic rings. The van der Waals surface area contributed by atoms with Crippen molar-refractivity contribution in [2.24, 2.45) is 5.73 Å². The van der Waals surface area contributed by atoms with Crippen molar-refractivity contribution in [3.8, 4) is 11.5 Å². The fraction of sp³-hybridized carbons (Fsp3) is 0.400. The molecule has 1 rings (SSSR count). The first-order valence-electron chi connectivity index (χ1n) is 6.98. The molecule has 8 heteroatoms. The highest BCUT2D eigenvalue weighted by Crippen LogP contribution is 2.17. The minimum Gasteiger partial charge on any atom is -0.497 e. The maximum atomic E-state index is 11.4. The van der Waals surface area contributed by atoms with Crippen molar-refractivity contribution in [2.75, 3.05) is 26.9 Å². The smallest absolute Gasteiger partial charge is 0.306 e. The van der Waals surface area contributed by atoms with Crippen LogP contribution in [0.5, 0.6) is 11.5 Å². The molecule has 126 valence electrons. The van der Waals surface area contributed by atoms with Gasteiger partial charge in [-0.1, -0.05) is 0 Å². The lowest BCUT2D eigenvalue weighted by molar-refractivity contribution is -0.148. The normalized spacial score (nSPS) is 9.78. The number of amides is 2. The SMILES string of the molecule is COc1ccc(OCCCC(=O)OCC(=O)NCC(N)=O)cc1. The van der Waals surface area contributed by atoms with Gasteiger partial charge in [0.15, 0.2) is 6.61 Å². The molecule has 0 heterocycles. The number of rotatable bonds is 10. The summed E-state index contributed by atoms with van der Waals surface area (Å²) < 4.78 is 15.2. The predicted molar refractivity (Wildman–Crippen MR) is 80.9 cm³/mol. The molecule has 2 amide bonds. The van der Waals surface area contributed by atoms with E-state index in [1.165, 1.54) is 0 Å². The third kappa shape index (κ3) is 8.30. The van der Waals surface area contributed by atoms with Gasteiger partial charge >= 0.3 is 5.97 Å². The van der Waals surface area contributed by atoms with E-state index in [-0.39, 0.29) is 13.0 Å². The average molecular weight is 324 g/mol. The van der Waals surface area contributed by atoms with Gasteiger partial charge in [0, 0.05) is 6.42 Å². The van der Waals surface area contributed by atoms with Crippen molar-refractivity contribution >= 4 is 17.8 Å². The van der Waals surface area contributed by atoms with Gasteiger partial charge in [-0.25, -0.2) is 0 Å². The summed E-state index contributed by atoms with van der Waals surface area (Å²) in [4.78, 5) is 33.1. The Labute approximate surface area is 133 Å². The van der Waals surface area contributed by atoms with Crippen molar-refractivity contribution < 1.29 is 28.6 Å². The minimum absolute atomic E-state index is 0.124. The van der Waals surface area contributed by atoms with E-state index >= 15 is 0 Å². The highest BCUT2D eigenvalue weighted by atomic mass is 16.5. The van der Waals surface area contributed by atoms with Crippen LogP contribution >= 0.6 is 0 Å². The summed E-state index contributed by atoms with van der Waals surface area (Å²) in [6.07, 6.45) is 0.576. The van der Waals surface area contributed by atoms with Gasteiger partial charge in [0.05, 0.1) is 20.3 Å². The molecule has 0 saturated heterocycles. The van der Waals surface area contributed by atoms with Crippen LogP contribution in [0.2, 0.25) is 0 Å². The second kappa shape index (κ2) is 10.0. The van der Waals surface area contributed by atoms with Crippen molar-refractivity contribution in [3.05, 3.63) is 24.3 Å². The first-order valence-corrected chi connectivity index (χ1v) is 6.98. The molecule has 0 aliphatic rings. The van der Waals surface area contributed by atoms with Crippen LogP contribution < -0.4 is 20.5 Å². The summed E-state index contributed by atoms with van der Waals surface area (Å²) in [5.74, 6) is -0.356. The van der Waals surface area contributed by atoms with Crippen LogP contribution in [-0.4, -0.2) is 44.7 Å². The van der Waals surface area contributed by atoms with Gasteiger partial charge in [0.1, 0.15) is 11.5 Å². The van der Waals surface area contributed by atoms with Crippen molar-refractivity contribution in [1.29, 1.82) is 0 Å². The molecule has 0 saturated carbocycles. The second-order valence-electron chi connectivity index (χ2n) is 4.53. The van der Waals surface area contributed by atoms with E-state index < -0.39 is 24.4 Å². The molecule has 0 spiro atoms. The lowest BCUT2D eigenvalue weighted by atomic mass is 10.3. The first-order chi connectivity index (χ1) is 11.0. The molecule has 0 aliphatic carbocycles. The van der Waals surface area contributed by atoms with Gasteiger partial charge in [-0.05, 0) is 30.7 Å². The molecular formula is C15H20N2O6. The van der Waals surface area contributed by atoms with Crippen molar-refractivity contribution in [2.45, 2.75) is 12.8 Å². The summed E-state index contributed by atoms with van der Waals surface area (Å²) >= 11 is 0. The van der Waals surface area contributed by atoms with E-state index in [0.717, 1.165) is 5.75 Å². The molecule has 0 atom stereocenters.